The molecule has 1 heterocycles. The molecule has 1 atom stereocenters. The van der Waals surface area contributed by atoms with Crippen molar-refractivity contribution in [1.82, 2.24) is 4.90 Å². The van der Waals surface area contributed by atoms with Gasteiger partial charge in [0.25, 0.3) is 0 Å². The van der Waals surface area contributed by atoms with Crippen molar-refractivity contribution in [3.05, 3.63) is 35.4 Å². The van der Waals surface area contributed by atoms with E-state index in [9.17, 15) is 9.59 Å². The quantitative estimate of drug-likeness (QED) is 0.801. The summed E-state index contributed by atoms with van der Waals surface area (Å²) in [5.41, 5.74) is 1.03. The highest BCUT2D eigenvalue weighted by Crippen LogP contribution is 2.34. The van der Waals surface area contributed by atoms with E-state index in [0.29, 0.717) is 18.7 Å². The third-order valence-electron chi connectivity index (χ3n) is 3.45. The minimum absolute atomic E-state index is 0.0195. The maximum atomic E-state index is 12.1. The van der Waals surface area contributed by atoms with Gasteiger partial charge in [-0.1, -0.05) is 12.1 Å². The van der Waals surface area contributed by atoms with Gasteiger partial charge in [-0.15, -0.1) is 0 Å². The van der Waals surface area contributed by atoms with Gasteiger partial charge in [-0.2, -0.15) is 0 Å². The van der Waals surface area contributed by atoms with Crippen molar-refractivity contribution >= 4 is 12.1 Å². The number of nitrogens with zero attached hydrogens (tertiary/aromatic N) is 1. The number of likely N-dealkylation sites (tertiary alicyclic amines) is 1. The fourth-order valence-corrected chi connectivity index (χ4v) is 2.33. The van der Waals surface area contributed by atoms with Crippen molar-refractivity contribution in [3.63, 3.8) is 0 Å². The maximum absolute atomic E-state index is 12.1. The topological polar surface area (TPSA) is 55.8 Å². The number of carbonyl (C=O) groups is 2. The Labute approximate surface area is 131 Å². The van der Waals surface area contributed by atoms with Crippen molar-refractivity contribution < 1.29 is 19.1 Å². The molecule has 5 nitrogen and oxygen atoms in total. The van der Waals surface area contributed by atoms with Gasteiger partial charge in [0, 0.05) is 6.54 Å². The van der Waals surface area contributed by atoms with Gasteiger partial charge in [0.05, 0.1) is 18.2 Å². The van der Waals surface area contributed by atoms with Gasteiger partial charge in [0.1, 0.15) is 5.60 Å². The molecule has 0 saturated carbocycles. The molecule has 0 aromatic heterocycles. The number of hydrogen-bond acceptors (Lipinski definition) is 4. The highest BCUT2D eigenvalue weighted by Gasteiger charge is 2.36. The van der Waals surface area contributed by atoms with E-state index in [-0.39, 0.29) is 18.1 Å². The van der Waals surface area contributed by atoms with Gasteiger partial charge in [-0.05, 0) is 51.8 Å². The van der Waals surface area contributed by atoms with Crippen molar-refractivity contribution in [3.8, 4) is 0 Å². The first-order valence-corrected chi connectivity index (χ1v) is 7.58. The molecule has 2 rings (SSSR count). The predicted molar refractivity (Wildman–Crippen MR) is 82.7 cm³/mol. The molecular weight excluding hydrogens is 282 g/mol. The van der Waals surface area contributed by atoms with Crippen molar-refractivity contribution in [1.29, 1.82) is 0 Å². The minimum atomic E-state index is -0.495. The van der Waals surface area contributed by atoms with Gasteiger partial charge < -0.3 is 14.4 Å². The van der Waals surface area contributed by atoms with Crippen LogP contribution in [0.1, 0.15) is 56.1 Å². The maximum Gasteiger partial charge on any atom is 0.410 e. The van der Waals surface area contributed by atoms with Crippen LogP contribution >= 0.6 is 0 Å². The molecule has 1 aromatic rings. The molecule has 1 amide bonds. The first-order chi connectivity index (χ1) is 10.3. The van der Waals surface area contributed by atoms with Crippen molar-refractivity contribution in [2.75, 3.05) is 13.2 Å². The van der Waals surface area contributed by atoms with Crippen LogP contribution in [0.2, 0.25) is 0 Å². The summed E-state index contributed by atoms with van der Waals surface area (Å²) in [6.07, 6.45) is 0.607. The van der Waals surface area contributed by atoms with E-state index in [1.165, 1.54) is 0 Å². The summed E-state index contributed by atoms with van der Waals surface area (Å²) in [6.45, 7) is 8.39. The molecule has 1 unspecified atom stereocenters. The van der Waals surface area contributed by atoms with Gasteiger partial charge in [0.15, 0.2) is 0 Å². The average molecular weight is 305 g/mol. The van der Waals surface area contributed by atoms with Crippen LogP contribution in [-0.4, -0.2) is 35.7 Å². The van der Waals surface area contributed by atoms with Crippen molar-refractivity contribution in [2.24, 2.45) is 0 Å². The highest BCUT2D eigenvalue weighted by atomic mass is 16.6. The molecule has 1 aliphatic heterocycles. The van der Waals surface area contributed by atoms with E-state index in [2.05, 4.69) is 0 Å². The molecule has 0 bridgehead atoms. The van der Waals surface area contributed by atoms with Crippen LogP contribution in [0.5, 0.6) is 0 Å². The molecule has 120 valence electrons. The Bertz CT molecular complexity index is 545. The van der Waals surface area contributed by atoms with Gasteiger partial charge in [0.2, 0.25) is 0 Å². The molecule has 0 N–H and O–H groups in total. The molecule has 1 fully saturated rings. The van der Waals surface area contributed by atoms with Gasteiger partial charge >= 0.3 is 12.1 Å². The lowest BCUT2D eigenvalue weighted by Crippen LogP contribution is -2.47. The SMILES string of the molecule is CCOC(=O)c1ccc(C2CCN2C(=O)OC(C)(C)C)cc1. The van der Waals surface area contributed by atoms with Crippen LogP contribution in [0, 0.1) is 0 Å². The summed E-state index contributed by atoms with van der Waals surface area (Å²) >= 11 is 0. The number of rotatable bonds is 3. The summed E-state index contributed by atoms with van der Waals surface area (Å²) in [5.74, 6) is -0.327. The van der Waals surface area contributed by atoms with E-state index in [4.69, 9.17) is 9.47 Å². The van der Waals surface area contributed by atoms with Crippen LogP contribution in [0.4, 0.5) is 4.79 Å². The zero-order valence-corrected chi connectivity index (χ0v) is 13.6. The number of ether oxygens (including phenoxy) is 2. The summed E-state index contributed by atoms with van der Waals surface area (Å²) in [4.78, 5) is 25.5. The zero-order valence-electron chi connectivity index (χ0n) is 13.6. The number of carbonyl (C=O) groups excluding carboxylic acids is 2. The fraction of sp³-hybridized carbons (Fsp3) is 0.529. The number of amides is 1. The number of esters is 1. The third kappa shape index (κ3) is 3.78. The summed E-state index contributed by atoms with van der Waals surface area (Å²) in [7, 11) is 0. The smallest absolute Gasteiger partial charge is 0.410 e. The highest BCUT2D eigenvalue weighted by molar-refractivity contribution is 5.89. The zero-order chi connectivity index (χ0) is 16.3. The summed E-state index contributed by atoms with van der Waals surface area (Å²) in [6, 6.07) is 7.23. The second-order valence-electron chi connectivity index (χ2n) is 6.32. The summed E-state index contributed by atoms with van der Waals surface area (Å²) in [5, 5.41) is 0. The Morgan fingerprint density at radius 1 is 1.23 bits per heavy atom. The largest absolute Gasteiger partial charge is 0.462 e. The van der Waals surface area contributed by atoms with E-state index in [1.54, 1.807) is 24.0 Å². The van der Waals surface area contributed by atoms with E-state index in [0.717, 1.165) is 12.0 Å². The first-order valence-electron chi connectivity index (χ1n) is 7.58. The minimum Gasteiger partial charge on any atom is -0.462 e. The molecule has 0 aliphatic carbocycles. The third-order valence-corrected chi connectivity index (χ3v) is 3.45. The standard InChI is InChI=1S/C17H23NO4/c1-5-21-15(19)13-8-6-12(7-9-13)14-10-11-18(14)16(20)22-17(2,3)4/h6-9,14H,5,10-11H2,1-4H3. The Balaban J connectivity index is 2.03. The molecule has 0 spiro atoms. The second kappa shape index (κ2) is 6.38. The van der Waals surface area contributed by atoms with E-state index >= 15 is 0 Å². The Morgan fingerprint density at radius 3 is 2.32 bits per heavy atom. The lowest BCUT2D eigenvalue weighted by atomic mass is 9.94. The molecular formula is C17H23NO4. The van der Waals surface area contributed by atoms with Crippen LogP contribution in [0.25, 0.3) is 0 Å². The predicted octanol–water partition coefficient (Wildman–Crippen LogP) is 3.55. The molecule has 1 aliphatic rings. The second-order valence-corrected chi connectivity index (χ2v) is 6.32. The number of benzene rings is 1. The number of hydrogen-bond donors (Lipinski definition) is 0. The Hall–Kier alpha value is -2.04. The average Bonchev–Trinajstić information content (AvgIpc) is 2.36. The van der Waals surface area contributed by atoms with Crippen LogP contribution in [0.3, 0.4) is 0 Å². The van der Waals surface area contributed by atoms with Crippen LogP contribution < -0.4 is 0 Å². The molecule has 1 saturated heterocycles. The molecule has 22 heavy (non-hydrogen) atoms. The van der Waals surface area contributed by atoms with Crippen molar-refractivity contribution in [2.45, 2.75) is 45.8 Å². The molecule has 5 heteroatoms. The molecule has 1 aromatic carbocycles. The molecule has 0 radical (unpaired) electrons. The lowest BCUT2D eigenvalue weighted by Gasteiger charge is -2.41. The monoisotopic (exact) mass is 305 g/mol. The normalized spacial score (nSPS) is 17.6. The fourth-order valence-electron chi connectivity index (χ4n) is 2.33. The van der Waals surface area contributed by atoms with E-state index < -0.39 is 5.60 Å². The first kappa shape index (κ1) is 16.3. The Kier molecular flexibility index (Phi) is 4.74. The Morgan fingerprint density at radius 2 is 1.86 bits per heavy atom. The van der Waals surface area contributed by atoms with Crippen LogP contribution in [0.15, 0.2) is 24.3 Å². The van der Waals surface area contributed by atoms with Gasteiger partial charge in [-0.25, -0.2) is 9.59 Å². The summed E-state index contributed by atoms with van der Waals surface area (Å²) < 4.78 is 10.4. The van der Waals surface area contributed by atoms with Crippen LogP contribution in [-0.2, 0) is 9.47 Å². The van der Waals surface area contributed by atoms with E-state index in [1.807, 2.05) is 32.9 Å². The van der Waals surface area contributed by atoms with Gasteiger partial charge in [-0.3, -0.25) is 0 Å². The lowest BCUT2D eigenvalue weighted by molar-refractivity contribution is -0.00577.